The molecular weight excluding hydrogens is 393 g/mol. The van der Waals surface area contributed by atoms with Crippen molar-refractivity contribution in [3.05, 3.63) is 71.8 Å². The Morgan fingerprint density at radius 1 is 1.19 bits per heavy atom. The number of fused-ring (bicyclic) bond motifs is 1. The van der Waals surface area contributed by atoms with Crippen LogP contribution in [0.4, 0.5) is 4.39 Å². The van der Waals surface area contributed by atoms with E-state index in [-0.39, 0.29) is 17.6 Å². The summed E-state index contributed by atoms with van der Waals surface area (Å²) in [7, 11) is 0. The average Bonchev–Trinajstić information content (AvgIpc) is 3.41. The lowest BCUT2D eigenvalue weighted by Gasteiger charge is -2.35. The Morgan fingerprint density at radius 3 is 2.90 bits per heavy atom. The maximum atomic E-state index is 14.0. The molecule has 0 bridgehead atoms. The van der Waals surface area contributed by atoms with Crippen molar-refractivity contribution >= 4 is 11.4 Å². The molecule has 1 aliphatic carbocycles. The third-order valence-electron chi connectivity index (χ3n) is 6.90. The van der Waals surface area contributed by atoms with E-state index >= 15 is 0 Å². The van der Waals surface area contributed by atoms with Gasteiger partial charge in [-0.1, -0.05) is 31.0 Å². The summed E-state index contributed by atoms with van der Waals surface area (Å²) >= 11 is 0. The molecule has 2 aliphatic rings. The highest BCUT2D eigenvalue weighted by atomic mass is 19.1. The number of amides is 1. The largest absolute Gasteiger partial charge is 0.379 e. The molecule has 1 aliphatic heterocycles. The molecule has 1 saturated heterocycles. The van der Waals surface area contributed by atoms with Gasteiger partial charge in [-0.2, -0.15) is 5.10 Å². The van der Waals surface area contributed by atoms with Crippen molar-refractivity contribution in [3.8, 4) is 0 Å². The first-order valence-corrected chi connectivity index (χ1v) is 11.2. The van der Waals surface area contributed by atoms with E-state index in [4.69, 9.17) is 4.74 Å². The molecule has 1 atom stereocenters. The second kappa shape index (κ2) is 8.42. The standard InChI is InChI=1S/C25H28FN3O2/c26-22-7-3-6-21(16-22)25(9-1-2-10-25)24(30)28-13-14-31-18-19(17-28)15-20-5-4-12-29-23(20)8-11-27-29/h3-8,11-12,16,19H,1-2,9-10,13-15,17-18H2/t19-/m1/s1. The summed E-state index contributed by atoms with van der Waals surface area (Å²) in [5, 5.41) is 4.33. The molecule has 31 heavy (non-hydrogen) atoms. The van der Waals surface area contributed by atoms with Crippen LogP contribution in [0.1, 0.15) is 36.8 Å². The predicted octanol–water partition coefficient (Wildman–Crippen LogP) is 4.00. The van der Waals surface area contributed by atoms with Crippen LogP contribution in [0.25, 0.3) is 5.52 Å². The minimum Gasteiger partial charge on any atom is -0.379 e. The molecule has 0 radical (unpaired) electrons. The number of hydrogen-bond acceptors (Lipinski definition) is 3. The van der Waals surface area contributed by atoms with Gasteiger partial charge in [-0.05, 0) is 54.7 Å². The molecule has 0 spiro atoms. The van der Waals surface area contributed by atoms with Gasteiger partial charge in [0, 0.05) is 31.4 Å². The second-order valence-corrected chi connectivity index (χ2v) is 8.89. The summed E-state index contributed by atoms with van der Waals surface area (Å²) in [5.74, 6) is 0.0646. The Kier molecular flexibility index (Phi) is 5.48. The summed E-state index contributed by atoms with van der Waals surface area (Å²) in [4.78, 5) is 15.9. The fourth-order valence-electron chi connectivity index (χ4n) is 5.38. The average molecular weight is 422 g/mol. The quantitative estimate of drug-likeness (QED) is 0.640. The number of halogens is 1. The van der Waals surface area contributed by atoms with Crippen LogP contribution in [0.15, 0.2) is 54.9 Å². The molecule has 3 heterocycles. The van der Waals surface area contributed by atoms with Crippen molar-refractivity contribution in [1.82, 2.24) is 14.5 Å². The highest BCUT2D eigenvalue weighted by Gasteiger charge is 2.45. The number of pyridine rings is 1. The Balaban J connectivity index is 1.40. The highest BCUT2D eigenvalue weighted by molar-refractivity contribution is 5.88. The Hall–Kier alpha value is -2.73. The molecule has 0 unspecified atom stereocenters. The molecule has 1 saturated carbocycles. The van der Waals surface area contributed by atoms with E-state index in [9.17, 15) is 9.18 Å². The SMILES string of the molecule is O=C(N1CCOC[C@H](Cc2cccn3nccc23)C1)C1(c2cccc(F)c2)CCCC1. The third-order valence-corrected chi connectivity index (χ3v) is 6.90. The second-order valence-electron chi connectivity index (χ2n) is 8.89. The van der Waals surface area contributed by atoms with E-state index in [1.54, 1.807) is 18.3 Å². The summed E-state index contributed by atoms with van der Waals surface area (Å²) < 4.78 is 21.8. The van der Waals surface area contributed by atoms with Gasteiger partial charge in [0.1, 0.15) is 5.82 Å². The van der Waals surface area contributed by atoms with Crippen LogP contribution >= 0.6 is 0 Å². The van der Waals surface area contributed by atoms with E-state index in [1.807, 2.05) is 33.8 Å². The van der Waals surface area contributed by atoms with Gasteiger partial charge in [-0.3, -0.25) is 4.79 Å². The Morgan fingerprint density at radius 2 is 2.06 bits per heavy atom. The molecular formula is C25H28FN3O2. The van der Waals surface area contributed by atoms with Crippen molar-refractivity contribution in [2.75, 3.05) is 26.3 Å². The molecule has 1 aromatic carbocycles. The normalized spacial score (nSPS) is 21.3. The smallest absolute Gasteiger partial charge is 0.233 e. The maximum Gasteiger partial charge on any atom is 0.233 e. The first-order valence-electron chi connectivity index (χ1n) is 11.2. The summed E-state index contributed by atoms with van der Waals surface area (Å²) in [5.41, 5.74) is 2.52. The number of nitrogens with zero attached hydrogens (tertiary/aromatic N) is 3. The van der Waals surface area contributed by atoms with E-state index in [0.29, 0.717) is 26.3 Å². The molecule has 2 fully saturated rings. The van der Waals surface area contributed by atoms with Crippen LogP contribution in [0, 0.1) is 11.7 Å². The lowest BCUT2D eigenvalue weighted by molar-refractivity contribution is -0.137. The van der Waals surface area contributed by atoms with E-state index in [0.717, 1.165) is 43.2 Å². The van der Waals surface area contributed by atoms with Crippen LogP contribution in [0.2, 0.25) is 0 Å². The van der Waals surface area contributed by atoms with Crippen molar-refractivity contribution in [2.45, 2.75) is 37.5 Å². The topological polar surface area (TPSA) is 46.8 Å². The first-order chi connectivity index (χ1) is 15.2. The molecule has 5 rings (SSSR count). The zero-order valence-corrected chi connectivity index (χ0v) is 17.7. The third kappa shape index (κ3) is 3.85. The summed E-state index contributed by atoms with van der Waals surface area (Å²) in [6.07, 6.45) is 8.15. The van der Waals surface area contributed by atoms with Crippen LogP contribution < -0.4 is 0 Å². The number of carbonyl (C=O) groups excluding carboxylic acids is 1. The van der Waals surface area contributed by atoms with E-state index < -0.39 is 5.41 Å². The lowest BCUT2D eigenvalue weighted by Crippen LogP contribution is -2.47. The Labute approximate surface area is 181 Å². The number of rotatable bonds is 4. The number of benzene rings is 1. The first kappa shape index (κ1) is 20.2. The van der Waals surface area contributed by atoms with Gasteiger partial charge in [0.2, 0.25) is 5.91 Å². The maximum absolute atomic E-state index is 14.0. The van der Waals surface area contributed by atoms with Gasteiger partial charge in [0.05, 0.1) is 24.1 Å². The molecule has 5 nitrogen and oxygen atoms in total. The van der Waals surface area contributed by atoms with E-state index in [1.165, 1.54) is 11.6 Å². The molecule has 2 aromatic heterocycles. The van der Waals surface area contributed by atoms with Gasteiger partial charge < -0.3 is 9.64 Å². The number of hydrogen-bond donors (Lipinski definition) is 0. The zero-order valence-electron chi connectivity index (χ0n) is 17.7. The molecule has 6 heteroatoms. The summed E-state index contributed by atoms with van der Waals surface area (Å²) in [6.45, 7) is 2.42. The summed E-state index contributed by atoms with van der Waals surface area (Å²) in [6, 6.07) is 12.8. The van der Waals surface area contributed by atoms with Crippen LogP contribution in [0.5, 0.6) is 0 Å². The van der Waals surface area contributed by atoms with Crippen LogP contribution in [-0.2, 0) is 21.4 Å². The molecule has 162 valence electrons. The Bertz CT molecular complexity index is 1070. The molecule has 0 N–H and O–H groups in total. The van der Waals surface area contributed by atoms with Gasteiger partial charge in [-0.15, -0.1) is 0 Å². The fraction of sp³-hybridized carbons (Fsp3) is 0.440. The minimum atomic E-state index is -0.609. The fourth-order valence-corrected chi connectivity index (χ4v) is 5.38. The van der Waals surface area contributed by atoms with Gasteiger partial charge in [-0.25, -0.2) is 8.91 Å². The lowest BCUT2D eigenvalue weighted by atomic mass is 9.77. The van der Waals surface area contributed by atoms with Crippen LogP contribution in [0.3, 0.4) is 0 Å². The number of carbonyl (C=O) groups is 1. The predicted molar refractivity (Wildman–Crippen MR) is 116 cm³/mol. The van der Waals surface area contributed by atoms with Crippen LogP contribution in [-0.4, -0.2) is 46.7 Å². The minimum absolute atomic E-state index is 0.133. The van der Waals surface area contributed by atoms with Crippen molar-refractivity contribution in [1.29, 1.82) is 0 Å². The molecule has 1 amide bonds. The number of ether oxygens (including phenoxy) is 1. The van der Waals surface area contributed by atoms with Crippen molar-refractivity contribution in [3.63, 3.8) is 0 Å². The number of aromatic nitrogens is 2. The van der Waals surface area contributed by atoms with Gasteiger partial charge in [0.15, 0.2) is 0 Å². The van der Waals surface area contributed by atoms with Crippen molar-refractivity contribution < 1.29 is 13.9 Å². The monoisotopic (exact) mass is 421 g/mol. The molecule has 3 aromatic rings. The van der Waals surface area contributed by atoms with Crippen molar-refractivity contribution in [2.24, 2.45) is 5.92 Å². The zero-order chi connectivity index (χ0) is 21.3. The van der Waals surface area contributed by atoms with E-state index in [2.05, 4.69) is 11.2 Å². The van der Waals surface area contributed by atoms with Gasteiger partial charge in [0.25, 0.3) is 0 Å². The highest BCUT2D eigenvalue weighted by Crippen LogP contribution is 2.43. The van der Waals surface area contributed by atoms with Gasteiger partial charge >= 0.3 is 0 Å².